The number of nitrogens with one attached hydrogen (secondary N) is 1. The molecule has 0 saturated heterocycles. The van der Waals surface area contributed by atoms with Gasteiger partial charge in [0.15, 0.2) is 11.5 Å². The van der Waals surface area contributed by atoms with E-state index in [9.17, 15) is 0 Å². The lowest BCUT2D eigenvalue weighted by atomic mass is 10.2. The van der Waals surface area contributed by atoms with Crippen molar-refractivity contribution in [3.63, 3.8) is 0 Å². The second-order valence-corrected chi connectivity index (χ2v) is 6.41. The normalized spacial score (nSPS) is 10.7. The molecule has 4 nitrogen and oxygen atoms in total. The standard InChI is InChI=1S/C19H23Cl2NO3/c1-24-18-11-14(12-22-8-4-5-9-23)10-17(21)19(18)25-13-15-6-2-3-7-16(15)20/h2-3,6-7,10-11,22-23H,4-5,8-9,12-13H2,1H3. The van der Waals surface area contributed by atoms with Crippen molar-refractivity contribution in [3.05, 3.63) is 57.6 Å². The zero-order valence-corrected chi connectivity index (χ0v) is 15.7. The molecule has 136 valence electrons. The summed E-state index contributed by atoms with van der Waals surface area (Å²) in [7, 11) is 1.59. The third-order valence-corrected chi connectivity index (χ3v) is 4.36. The number of unbranched alkanes of at least 4 members (excludes halogenated alkanes) is 1. The Kier molecular flexibility index (Phi) is 8.35. The van der Waals surface area contributed by atoms with Gasteiger partial charge >= 0.3 is 0 Å². The van der Waals surface area contributed by atoms with Crippen molar-refractivity contribution in [2.45, 2.75) is 26.0 Å². The van der Waals surface area contributed by atoms with Gasteiger partial charge in [-0.3, -0.25) is 0 Å². The Bertz CT molecular complexity index is 680. The Morgan fingerprint density at radius 2 is 1.88 bits per heavy atom. The van der Waals surface area contributed by atoms with Crippen LogP contribution in [0.1, 0.15) is 24.0 Å². The number of aliphatic hydroxyl groups excluding tert-OH is 1. The van der Waals surface area contributed by atoms with E-state index in [1.807, 2.05) is 36.4 Å². The highest BCUT2D eigenvalue weighted by atomic mass is 35.5. The van der Waals surface area contributed by atoms with Crippen molar-refractivity contribution >= 4 is 23.2 Å². The highest BCUT2D eigenvalue weighted by Crippen LogP contribution is 2.37. The van der Waals surface area contributed by atoms with Crippen LogP contribution in [-0.2, 0) is 13.2 Å². The quantitative estimate of drug-likeness (QED) is 0.595. The van der Waals surface area contributed by atoms with E-state index in [1.165, 1.54) is 0 Å². The van der Waals surface area contributed by atoms with Crippen LogP contribution in [0.5, 0.6) is 11.5 Å². The Morgan fingerprint density at radius 3 is 2.60 bits per heavy atom. The monoisotopic (exact) mass is 383 g/mol. The number of hydrogen-bond acceptors (Lipinski definition) is 4. The minimum absolute atomic E-state index is 0.221. The molecule has 25 heavy (non-hydrogen) atoms. The van der Waals surface area contributed by atoms with Crippen LogP contribution < -0.4 is 14.8 Å². The molecule has 0 aliphatic heterocycles. The Labute approximate surface area is 158 Å². The first-order valence-corrected chi connectivity index (χ1v) is 8.95. The van der Waals surface area contributed by atoms with Crippen molar-refractivity contribution in [2.24, 2.45) is 0 Å². The van der Waals surface area contributed by atoms with Gasteiger partial charge in [-0.2, -0.15) is 0 Å². The maximum absolute atomic E-state index is 8.78. The highest BCUT2D eigenvalue weighted by molar-refractivity contribution is 6.32. The van der Waals surface area contributed by atoms with E-state index in [2.05, 4.69) is 5.32 Å². The fourth-order valence-electron chi connectivity index (χ4n) is 2.38. The van der Waals surface area contributed by atoms with E-state index < -0.39 is 0 Å². The smallest absolute Gasteiger partial charge is 0.180 e. The van der Waals surface area contributed by atoms with Gasteiger partial charge in [0.1, 0.15) is 6.61 Å². The molecule has 2 aromatic rings. The molecule has 0 aromatic heterocycles. The minimum Gasteiger partial charge on any atom is -0.493 e. The molecule has 0 atom stereocenters. The second-order valence-electron chi connectivity index (χ2n) is 5.60. The molecule has 0 heterocycles. The molecule has 2 N–H and O–H groups in total. The Morgan fingerprint density at radius 1 is 1.08 bits per heavy atom. The van der Waals surface area contributed by atoms with E-state index in [4.69, 9.17) is 37.8 Å². The molecule has 0 unspecified atom stereocenters. The maximum Gasteiger partial charge on any atom is 0.180 e. The molecular weight excluding hydrogens is 361 g/mol. The first-order valence-electron chi connectivity index (χ1n) is 8.20. The van der Waals surface area contributed by atoms with E-state index >= 15 is 0 Å². The molecule has 0 aliphatic rings. The van der Waals surface area contributed by atoms with Gasteiger partial charge in [0.2, 0.25) is 0 Å². The van der Waals surface area contributed by atoms with Gasteiger partial charge in [-0.15, -0.1) is 0 Å². The summed E-state index contributed by atoms with van der Waals surface area (Å²) >= 11 is 12.5. The van der Waals surface area contributed by atoms with Gasteiger partial charge in [0.05, 0.1) is 12.1 Å². The summed E-state index contributed by atoms with van der Waals surface area (Å²) in [6.07, 6.45) is 1.73. The number of halogens is 2. The third-order valence-electron chi connectivity index (χ3n) is 3.71. The summed E-state index contributed by atoms with van der Waals surface area (Å²) in [4.78, 5) is 0. The van der Waals surface area contributed by atoms with Crippen molar-refractivity contribution in [1.29, 1.82) is 0 Å². The highest BCUT2D eigenvalue weighted by Gasteiger charge is 2.13. The number of aliphatic hydroxyl groups is 1. The molecule has 0 bridgehead atoms. The predicted molar refractivity (Wildman–Crippen MR) is 102 cm³/mol. The number of ether oxygens (including phenoxy) is 2. The van der Waals surface area contributed by atoms with Gasteiger partial charge in [-0.25, -0.2) is 0 Å². The predicted octanol–water partition coefficient (Wildman–Crippen LogP) is 4.44. The number of benzene rings is 2. The zero-order valence-electron chi connectivity index (χ0n) is 14.2. The molecule has 2 rings (SSSR count). The van der Waals surface area contributed by atoms with E-state index in [1.54, 1.807) is 7.11 Å². The lowest BCUT2D eigenvalue weighted by Gasteiger charge is -2.15. The van der Waals surface area contributed by atoms with Gasteiger partial charge in [-0.05, 0) is 43.1 Å². The summed E-state index contributed by atoms with van der Waals surface area (Å²) in [6, 6.07) is 11.3. The molecule has 0 amide bonds. The molecule has 0 spiro atoms. The van der Waals surface area contributed by atoms with Crippen LogP contribution in [-0.4, -0.2) is 25.4 Å². The molecular formula is C19H23Cl2NO3. The van der Waals surface area contributed by atoms with Gasteiger partial charge < -0.3 is 19.9 Å². The van der Waals surface area contributed by atoms with Crippen molar-refractivity contribution in [1.82, 2.24) is 5.32 Å². The zero-order chi connectivity index (χ0) is 18.1. The molecule has 2 aromatic carbocycles. The topological polar surface area (TPSA) is 50.7 Å². The average molecular weight is 384 g/mol. The maximum atomic E-state index is 8.78. The van der Waals surface area contributed by atoms with Crippen LogP contribution in [0.4, 0.5) is 0 Å². The molecule has 6 heteroatoms. The summed E-state index contributed by atoms with van der Waals surface area (Å²) in [5.41, 5.74) is 1.90. The SMILES string of the molecule is COc1cc(CNCCCCO)cc(Cl)c1OCc1ccccc1Cl. The van der Waals surface area contributed by atoms with Crippen LogP contribution >= 0.6 is 23.2 Å². The van der Waals surface area contributed by atoms with Crippen LogP contribution in [0, 0.1) is 0 Å². The van der Waals surface area contributed by atoms with E-state index in [0.717, 1.165) is 30.5 Å². The lowest BCUT2D eigenvalue weighted by molar-refractivity contribution is 0.283. The first-order chi connectivity index (χ1) is 12.2. The van der Waals surface area contributed by atoms with Gasteiger partial charge in [0.25, 0.3) is 0 Å². The van der Waals surface area contributed by atoms with E-state index in [0.29, 0.717) is 34.7 Å². The molecule has 0 radical (unpaired) electrons. The number of rotatable bonds is 10. The van der Waals surface area contributed by atoms with Crippen LogP contribution in [0.3, 0.4) is 0 Å². The van der Waals surface area contributed by atoms with Crippen molar-refractivity contribution in [2.75, 3.05) is 20.3 Å². The molecule has 0 aliphatic carbocycles. The summed E-state index contributed by atoms with van der Waals surface area (Å²) in [6.45, 7) is 2.05. The first kappa shape index (κ1) is 19.9. The fourth-order valence-corrected chi connectivity index (χ4v) is 2.85. The van der Waals surface area contributed by atoms with Crippen LogP contribution in [0.15, 0.2) is 36.4 Å². The number of hydrogen-bond donors (Lipinski definition) is 2. The summed E-state index contributed by atoms with van der Waals surface area (Å²) in [5, 5.41) is 13.3. The summed E-state index contributed by atoms with van der Waals surface area (Å²) < 4.78 is 11.3. The Hall–Kier alpha value is -1.46. The van der Waals surface area contributed by atoms with Crippen molar-refractivity contribution in [3.8, 4) is 11.5 Å². The van der Waals surface area contributed by atoms with Crippen LogP contribution in [0.2, 0.25) is 10.0 Å². The number of methoxy groups -OCH3 is 1. The van der Waals surface area contributed by atoms with Gasteiger partial charge in [-0.1, -0.05) is 41.4 Å². The Balaban J connectivity index is 2.02. The largest absolute Gasteiger partial charge is 0.493 e. The minimum atomic E-state index is 0.221. The van der Waals surface area contributed by atoms with Gasteiger partial charge in [0, 0.05) is 23.7 Å². The second kappa shape index (κ2) is 10.5. The average Bonchev–Trinajstić information content (AvgIpc) is 2.61. The molecule has 0 saturated carbocycles. The van der Waals surface area contributed by atoms with E-state index in [-0.39, 0.29) is 6.61 Å². The van der Waals surface area contributed by atoms with Crippen LogP contribution in [0.25, 0.3) is 0 Å². The molecule has 0 fully saturated rings. The van der Waals surface area contributed by atoms with Crippen molar-refractivity contribution < 1.29 is 14.6 Å². The lowest BCUT2D eigenvalue weighted by Crippen LogP contribution is -2.15. The summed E-state index contributed by atoms with van der Waals surface area (Å²) in [5.74, 6) is 1.10. The third kappa shape index (κ3) is 6.08. The fraction of sp³-hybridized carbons (Fsp3) is 0.368.